The number of hydrogen-bond acceptors (Lipinski definition) is 3. The van der Waals surface area contributed by atoms with Gasteiger partial charge in [-0.25, -0.2) is 9.69 Å². The normalized spacial score (nSPS) is 15.2. The van der Waals surface area contributed by atoms with Crippen molar-refractivity contribution in [3.8, 4) is 0 Å². The molecular weight excluding hydrogens is 146 g/mol. The number of carbonyl (C=O) groups excluding carboxylic acids is 2. The van der Waals surface area contributed by atoms with Crippen LogP contribution in [0.5, 0.6) is 0 Å². The molecule has 0 radical (unpaired) electrons. The average Bonchev–Trinajstić information content (AvgIpc) is 2.39. The van der Waals surface area contributed by atoms with Crippen LogP contribution in [0.25, 0.3) is 0 Å². The summed E-state index contributed by atoms with van der Waals surface area (Å²) in [5, 5.41) is 0. The fourth-order valence-electron chi connectivity index (χ4n) is 0.679. The molecule has 0 saturated carbocycles. The maximum absolute atomic E-state index is 10.5. The SMILES string of the molecule is CC.CC(=O)N1CCOC1=O. The highest BCUT2D eigenvalue weighted by atomic mass is 16.6. The minimum atomic E-state index is -0.525. The fourth-order valence-corrected chi connectivity index (χ4v) is 0.679. The Morgan fingerprint density at radius 3 is 2.27 bits per heavy atom. The second-order valence-electron chi connectivity index (χ2n) is 1.79. The van der Waals surface area contributed by atoms with Crippen molar-refractivity contribution < 1.29 is 14.3 Å². The molecule has 4 nitrogen and oxygen atoms in total. The first-order chi connectivity index (χ1) is 5.22. The third-order valence-electron chi connectivity index (χ3n) is 1.14. The molecule has 0 unspecified atom stereocenters. The van der Waals surface area contributed by atoms with E-state index >= 15 is 0 Å². The van der Waals surface area contributed by atoms with Crippen LogP contribution in [0.3, 0.4) is 0 Å². The first kappa shape index (κ1) is 9.94. The van der Waals surface area contributed by atoms with E-state index < -0.39 is 6.09 Å². The number of amides is 2. The number of rotatable bonds is 0. The topological polar surface area (TPSA) is 46.6 Å². The summed E-state index contributed by atoms with van der Waals surface area (Å²) in [5.74, 6) is -0.252. The molecule has 0 atom stereocenters. The Morgan fingerprint density at radius 2 is 2.09 bits per heavy atom. The zero-order chi connectivity index (χ0) is 8.85. The number of ether oxygens (including phenoxy) is 1. The van der Waals surface area contributed by atoms with Gasteiger partial charge in [0.15, 0.2) is 0 Å². The van der Waals surface area contributed by atoms with E-state index in [1.807, 2.05) is 13.8 Å². The zero-order valence-electron chi connectivity index (χ0n) is 7.09. The van der Waals surface area contributed by atoms with Gasteiger partial charge in [-0.05, 0) is 0 Å². The summed E-state index contributed by atoms with van der Waals surface area (Å²) in [6.45, 7) is 6.07. The largest absolute Gasteiger partial charge is 0.447 e. The molecule has 0 aliphatic carbocycles. The lowest BCUT2D eigenvalue weighted by atomic mass is 10.5. The lowest BCUT2D eigenvalue weighted by Gasteiger charge is -2.04. The smallest absolute Gasteiger partial charge is 0.416 e. The zero-order valence-corrected chi connectivity index (χ0v) is 7.09. The van der Waals surface area contributed by atoms with E-state index in [4.69, 9.17) is 0 Å². The minimum Gasteiger partial charge on any atom is -0.447 e. The van der Waals surface area contributed by atoms with Crippen LogP contribution in [0.4, 0.5) is 4.79 Å². The molecule has 1 saturated heterocycles. The Kier molecular flexibility index (Phi) is 4.26. The standard InChI is InChI=1S/C5H7NO3.C2H6/c1-4(7)6-2-3-9-5(6)8;1-2/h2-3H2,1H3;1-2H3. The van der Waals surface area contributed by atoms with Crippen molar-refractivity contribution in [2.24, 2.45) is 0 Å². The third-order valence-corrected chi connectivity index (χ3v) is 1.14. The molecule has 64 valence electrons. The number of hydrogen-bond donors (Lipinski definition) is 0. The molecule has 4 heteroatoms. The van der Waals surface area contributed by atoms with Crippen molar-refractivity contribution in [3.63, 3.8) is 0 Å². The number of imide groups is 1. The van der Waals surface area contributed by atoms with Crippen LogP contribution in [-0.2, 0) is 9.53 Å². The first-order valence-electron chi connectivity index (χ1n) is 3.66. The molecular formula is C7H13NO3. The van der Waals surface area contributed by atoms with E-state index in [0.29, 0.717) is 13.2 Å². The molecule has 1 aliphatic heterocycles. The molecule has 0 aromatic carbocycles. The molecule has 2 amide bonds. The van der Waals surface area contributed by atoms with Gasteiger partial charge in [0.25, 0.3) is 0 Å². The van der Waals surface area contributed by atoms with Crippen LogP contribution in [0.2, 0.25) is 0 Å². The lowest BCUT2D eigenvalue weighted by Crippen LogP contribution is -2.28. The second kappa shape index (κ2) is 4.71. The summed E-state index contributed by atoms with van der Waals surface area (Å²) in [5.41, 5.74) is 0. The molecule has 0 aromatic heterocycles. The summed E-state index contributed by atoms with van der Waals surface area (Å²) >= 11 is 0. The van der Waals surface area contributed by atoms with Gasteiger partial charge in [-0.2, -0.15) is 0 Å². The predicted octanol–water partition coefficient (Wildman–Crippen LogP) is 1.01. The van der Waals surface area contributed by atoms with Crippen molar-refractivity contribution in [1.29, 1.82) is 0 Å². The van der Waals surface area contributed by atoms with E-state index in [-0.39, 0.29) is 5.91 Å². The van der Waals surface area contributed by atoms with Crippen LogP contribution in [0, 0.1) is 0 Å². The van der Waals surface area contributed by atoms with E-state index in [1.54, 1.807) is 0 Å². The van der Waals surface area contributed by atoms with Crippen LogP contribution < -0.4 is 0 Å². The van der Waals surface area contributed by atoms with Crippen LogP contribution in [-0.4, -0.2) is 30.1 Å². The summed E-state index contributed by atoms with van der Waals surface area (Å²) in [7, 11) is 0. The Hall–Kier alpha value is -1.06. The third kappa shape index (κ3) is 2.57. The van der Waals surface area contributed by atoms with Gasteiger partial charge in [0.05, 0.1) is 6.54 Å². The van der Waals surface area contributed by atoms with Gasteiger partial charge in [-0.1, -0.05) is 13.8 Å². The summed E-state index contributed by atoms with van der Waals surface area (Å²) in [6, 6.07) is 0. The molecule has 1 rings (SSSR count). The second-order valence-corrected chi connectivity index (χ2v) is 1.79. The number of carbonyl (C=O) groups is 2. The maximum Gasteiger partial charge on any atom is 0.416 e. The van der Waals surface area contributed by atoms with Gasteiger partial charge in [0.1, 0.15) is 6.61 Å². The molecule has 0 spiro atoms. The Balaban J connectivity index is 0.000000461. The number of cyclic esters (lactones) is 1. The van der Waals surface area contributed by atoms with Gasteiger partial charge < -0.3 is 4.74 Å². The fraction of sp³-hybridized carbons (Fsp3) is 0.714. The highest BCUT2D eigenvalue weighted by Crippen LogP contribution is 2.01. The van der Waals surface area contributed by atoms with Gasteiger partial charge in [0.2, 0.25) is 5.91 Å². The van der Waals surface area contributed by atoms with Gasteiger partial charge in [0, 0.05) is 6.92 Å². The van der Waals surface area contributed by atoms with Crippen molar-refractivity contribution in [2.75, 3.05) is 13.2 Å². The first-order valence-corrected chi connectivity index (χ1v) is 3.66. The van der Waals surface area contributed by atoms with Gasteiger partial charge in [-0.3, -0.25) is 4.79 Å². The van der Waals surface area contributed by atoms with Crippen LogP contribution in [0.15, 0.2) is 0 Å². The minimum absolute atomic E-state index is 0.252. The monoisotopic (exact) mass is 159 g/mol. The van der Waals surface area contributed by atoms with Crippen molar-refractivity contribution in [3.05, 3.63) is 0 Å². The molecule has 1 aliphatic rings. The van der Waals surface area contributed by atoms with Gasteiger partial charge >= 0.3 is 6.09 Å². The molecule has 0 bridgehead atoms. The Morgan fingerprint density at radius 1 is 1.55 bits per heavy atom. The molecule has 11 heavy (non-hydrogen) atoms. The summed E-state index contributed by atoms with van der Waals surface area (Å²) < 4.78 is 4.49. The Labute approximate surface area is 66.1 Å². The van der Waals surface area contributed by atoms with Gasteiger partial charge in [-0.15, -0.1) is 0 Å². The molecule has 0 aromatic rings. The number of nitrogens with zero attached hydrogens (tertiary/aromatic N) is 1. The van der Waals surface area contributed by atoms with Crippen LogP contribution >= 0.6 is 0 Å². The summed E-state index contributed by atoms with van der Waals surface area (Å²) in [6.07, 6.45) is -0.525. The molecule has 0 N–H and O–H groups in total. The van der Waals surface area contributed by atoms with Crippen molar-refractivity contribution in [1.82, 2.24) is 4.90 Å². The Bertz CT molecular complexity index is 156. The maximum atomic E-state index is 10.5. The van der Waals surface area contributed by atoms with Crippen molar-refractivity contribution in [2.45, 2.75) is 20.8 Å². The molecule has 1 heterocycles. The van der Waals surface area contributed by atoms with E-state index in [9.17, 15) is 9.59 Å². The highest BCUT2D eigenvalue weighted by Gasteiger charge is 2.24. The predicted molar refractivity (Wildman–Crippen MR) is 40.1 cm³/mol. The average molecular weight is 159 g/mol. The van der Waals surface area contributed by atoms with E-state index in [0.717, 1.165) is 4.90 Å². The molecule has 1 fully saturated rings. The van der Waals surface area contributed by atoms with Crippen LogP contribution in [0.1, 0.15) is 20.8 Å². The quantitative estimate of drug-likeness (QED) is 0.530. The lowest BCUT2D eigenvalue weighted by molar-refractivity contribution is -0.125. The highest BCUT2D eigenvalue weighted by molar-refractivity contribution is 5.91. The summed E-state index contributed by atoms with van der Waals surface area (Å²) in [4.78, 5) is 22.0. The van der Waals surface area contributed by atoms with E-state index in [1.165, 1.54) is 6.92 Å². The van der Waals surface area contributed by atoms with Crippen molar-refractivity contribution >= 4 is 12.0 Å². The van der Waals surface area contributed by atoms with E-state index in [2.05, 4.69) is 4.74 Å².